The van der Waals surface area contributed by atoms with Gasteiger partial charge in [-0.25, -0.2) is 0 Å². The van der Waals surface area contributed by atoms with Crippen LogP contribution >= 0.6 is 0 Å². The van der Waals surface area contributed by atoms with Gasteiger partial charge in [0.2, 0.25) is 0 Å². The van der Waals surface area contributed by atoms with Crippen LogP contribution in [0.2, 0.25) is 0 Å². The van der Waals surface area contributed by atoms with Crippen LogP contribution in [0.15, 0.2) is 0 Å². The molecule has 0 amide bonds. The Balaban J connectivity index is 0.000000301. The Morgan fingerprint density at radius 2 is 0.820 bits per heavy atom. The Morgan fingerprint density at radius 3 is 1.16 bits per heavy atom. The first-order valence-corrected chi connectivity index (χ1v) is 22.0. The molecule has 0 spiro atoms. The second-order valence-corrected chi connectivity index (χ2v) is 18.0. The van der Waals surface area contributed by atoms with Gasteiger partial charge < -0.3 is 29.4 Å². The number of hydrogen-bond donors (Lipinski definition) is 0. The molecular weight excluding hydrogens is 613 g/mol. The van der Waals surface area contributed by atoms with Crippen LogP contribution in [0.1, 0.15) is 138 Å². The molecule has 6 heteroatoms. The maximum atomic E-state index is 2.49. The number of nitrogens with zero attached hydrogens (tertiary/aromatic N) is 6. The molecule has 4 unspecified atom stereocenters. The van der Waals surface area contributed by atoms with Gasteiger partial charge in [-0.3, -0.25) is 0 Å². The summed E-state index contributed by atoms with van der Waals surface area (Å²) in [5.74, 6) is 4.88. The lowest BCUT2D eigenvalue weighted by molar-refractivity contribution is 0.181. The number of likely N-dealkylation sites (tertiary alicyclic amines) is 6. The zero-order chi connectivity index (χ0) is 37.3. The maximum absolute atomic E-state index is 2.49. The quantitative estimate of drug-likeness (QED) is 0.290. The molecule has 6 rings (SSSR count). The molecule has 0 radical (unpaired) electrons. The van der Waals surface area contributed by atoms with E-state index in [0.717, 1.165) is 35.6 Å². The van der Waals surface area contributed by atoms with E-state index >= 15 is 0 Å². The first-order valence-electron chi connectivity index (χ1n) is 22.0. The van der Waals surface area contributed by atoms with Crippen LogP contribution in [-0.2, 0) is 0 Å². The van der Waals surface area contributed by atoms with Crippen LogP contribution in [0.3, 0.4) is 0 Å². The van der Waals surface area contributed by atoms with E-state index in [2.05, 4.69) is 113 Å². The third-order valence-corrected chi connectivity index (χ3v) is 12.6. The van der Waals surface area contributed by atoms with Gasteiger partial charge >= 0.3 is 0 Å². The minimum absolute atomic E-state index is 0.888. The highest BCUT2D eigenvalue weighted by molar-refractivity contribution is 4.72. The standard InChI is InChI=1S/3C8H17N.2C7H15N.C6H13N/c1-3-8-4-6-9(2)7-5-8;1-3-8-5-4-6-9(2)7-8;1-3-8-6-4-5-7-9(8)2;1-7-3-5-8(2)6-4-7;1-7-4-3-5-8(2)6-7;1-6-3-4-7(2)5-6/h3*8H,3-7H2,1-2H3;2*7H,3-6H2,1-2H3;6H,3-5H2,1-2H3. The summed E-state index contributed by atoms with van der Waals surface area (Å²) >= 11 is 0. The second kappa shape index (κ2) is 29.2. The molecule has 0 aromatic heterocycles. The van der Waals surface area contributed by atoms with Gasteiger partial charge in [0.05, 0.1) is 0 Å². The summed E-state index contributed by atoms with van der Waals surface area (Å²) in [5, 5.41) is 0. The van der Waals surface area contributed by atoms with Crippen LogP contribution in [0, 0.1) is 29.6 Å². The predicted molar refractivity (Wildman–Crippen MR) is 225 cm³/mol. The molecule has 300 valence electrons. The van der Waals surface area contributed by atoms with Crippen molar-refractivity contribution in [3.63, 3.8) is 0 Å². The normalized spacial score (nSPS) is 29.8. The van der Waals surface area contributed by atoms with E-state index in [0.29, 0.717) is 0 Å². The average Bonchev–Trinajstić information content (AvgIpc) is 3.50. The number of rotatable bonds is 3. The Bertz CT molecular complexity index is 723. The molecule has 0 saturated carbocycles. The summed E-state index contributed by atoms with van der Waals surface area (Å²) in [6.07, 6.45) is 21.1. The monoisotopic (exact) mass is 707 g/mol. The summed E-state index contributed by atoms with van der Waals surface area (Å²) in [7, 11) is 13.3. The van der Waals surface area contributed by atoms with Crippen molar-refractivity contribution in [1.82, 2.24) is 29.4 Å². The topological polar surface area (TPSA) is 19.4 Å². The summed E-state index contributed by atoms with van der Waals surface area (Å²) in [6, 6.07) is 0.888. The van der Waals surface area contributed by atoms with Crippen molar-refractivity contribution < 1.29 is 0 Å². The molecule has 0 bridgehead atoms. The van der Waals surface area contributed by atoms with E-state index in [-0.39, 0.29) is 0 Å². The molecule has 0 aliphatic carbocycles. The lowest BCUT2D eigenvalue weighted by Gasteiger charge is -2.31. The van der Waals surface area contributed by atoms with Crippen molar-refractivity contribution in [2.24, 2.45) is 29.6 Å². The van der Waals surface area contributed by atoms with E-state index in [9.17, 15) is 0 Å². The molecule has 0 N–H and O–H groups in total. The van der Waals surface area contributed by atoms with Gasteiger partial charge in [0.15, 0.2) is 0 Å². The lowest BCUT2D eigenvalue weighted by Crippen LogP contribution is -2.35. The highest BCUT2D eigenvalue weighted by Gasteiger charge is 2.17. The van der Waals surface area contributed by atoms with E-state index < -0.39 is 0 Å². The average molecular weight is 707 g/mol. The van der Waals surface area contributed by atoms with Crippen molar-refractivity contribution in [3.8, 4) is 0 Å². The van der Waals surface area contributed by atoms with Gasteiger partial charge in [0.25, 0.3) is 0 Å². The Labute approximate surface area is 316 Å². The number of hydrogen-bond acceptors (Lipinski definition) is 6. The maximum Gasteiger partial charge on any atom is 0.00895 e. The SMILES string of the molecule is CC1CCCN(C)C1.CC1CCN(C)C1.CC1CCN(C)CC1.CCC1CCCCN1C.CCC1CCCN(C)C1.CCC1CCN(C)CC1. The smallest absolute Gasteiger partial charge is 0.00895 e. The van der Waals surface area contributed by atoms with Crippen molar-refractivity contribution in [2.45, 2.75) is 144 Å². The molecular formula is C44H94N6. The van der Waals surface area contributed by atoms with Crippen LogP contribution in [-0.4, -0.2) is 150 Å². The third-order valence-electron chi connectivity index (χ3n) is 12.6. The van der Waals surface area contributed by atoms with Crippen LogP contribution < -0.4 is 0 Å². The summed E-state index contributed by atoms with van der Waals surface area (Å²) in [4.78, 5) is 14.5. The van der Waals surface area contributed by atoms with Crippen LogP contribution in [0.4, 0.5) is 0 Å². The Kier molecular flexibility index (Phi) is 27.9. The molecule has 6 nitrogen and oxygen atoms in total. The molecule has 6 fully saturated rings. The first kappa shape index (κ1) is 47.8. The molecule has 4 atom stereocenters. The fraction of sp³-hybridized carbons (Fsp3) is 1.00. The van der Waals surface area contributed by atoms with Crippen molar-refractivity contribution in [1.29, 1.82) is 0 Å². The molecule has 0 aromatic rings. The third kappa shape index (κ3) is 24.1. The Morgan fingerprint density at radius 1 is 0.360 bits per heavy atom. The summed E-state index contributed by atoms with van der Waals surface area (Å²) < 4.78 is 0. The highest BCUT2D eigenvalue weighted by atomic mass is 15.1. The first-order chi connectivity index (χ1) is 23.9. The fourth-order valence-electron chi connectivity index (χ4n) is 8.45. The summed E-state index contributed by atoms with van der Waals surface area (Å²) in [5.41, 5.74) is 0. The van der Waals surface area contributed by atoms with E-state index in [1.807, 2.05) is 0 Å². The predicted octanol–water partition coefficient (Wildman–Crippen LogP) is 9.01. The molecule has 6 heterocycles. The minimum Gasteiger partial charge on any atom is -0.306 e. The largest absolute Gasteiger partial charge is 0.306 e. The van der Waals surface area contributed by atoms with Gasteiger partial charge in [-0.15, -0.1) is 0 Å². The van der Waals surface area contributed by atoms with Crippen LogP contribution in [0.25, 0.3) is 0 Å². The van der Waals surface area contributed by atoms with Gasteiger partial charge in [0, 0.05) is 25.7 Å². The van der Waals surface area contributed by atoms with Gasteiger partial charge in [-0.05, 0) is 201 Å². The van der Waals surface area contributed by atoms with Crippen molar-refractivity contribution >= 4 is 0 Å². The highest BCUT2D eigenvalue weighted by Crippen LogP contribution is 2.19. The molecule has 0 aromatic carbocycles. The summed E-state index contributed by atoms with van der Waals surface area (Å²) in [6.45, 7) is 28.3. The number of piperidine rings is 5. The van der Waals surface area contributed by atoms with Crippen molar-refractivity contribution in [2.75, 3.05) is 114 Å². The van der Waals surface area contributed by atoms with Crippen molar-refractivity contribution in [3.05, 3.63) is 0 Å². The molecule has 6 aliphatic heterocycles. The lowest BCUT2D eigenvalue weighted by atomic mass is 9.95. The molecule has 6 saturated heterocycles. The fourth-order valence-corrected chi connectivity index (χ4v) is 8.45. The minimum atomic E-state index is 0.888. The molecule has 50 heavy (non-hydrogen) atoms. The zero-order valence-corrected chi connectivity index (χ0v) is 36.5. The zero-order valence-electron chi connectivity index (χ0n) is 36.5. The molecule has 6 aliphatic rings. The van der Waals surface area contributed by atoms with E-state index in [4.69, 9.17) is 0 Å². The van der Waals surface area contributed by atoms with E-state index in [1.165, 1.54) is 168 Å². The second-order valence-electron chi connectivity index (χ2n) is 18.0. The van der Waals surface area contributed by atoms with Gasteiger partial charge in [-0.2, -0.15) is 0 Å². The van der Waals surface area contributed by atoms with Gasteiger partial charge in [0.1, 0.15) is 0 Å². The Hall–Kier alpha value is -0.240. The van der Waals surface area contributed by atoms with Crippen LogP contribution in [0.5, 0.6) is 0 Å². The van der Waals surface area contributed by atoms with Gasteiger partial charge in [-0.1, -0.05) is 60.8 Å². The van der Waals surface area contributed by atoms with E-state index in [1.54, 1.807) is 0 Å².